The molecule has 0 bridgehead atoms. The molecule has 1 aliphatic rings. The maximum Gasteiger partial charge on any atom is 0.287 e. The predicted octanol–water partition coefficient (Wildman–Crippen LogP) is 1.50. The Morgan fingerprint density at radius 2 is 2.11 bits per heavy atom. The zero-order chi connectivity index (χ0) is 13.3. The Morgan fingerprint density at radius 3 is 2.78 bits per heavy atom. The lowest BCUT2D eigenvalue weighted by Crippen LogP contribution is -2.20. The standard InChI is InChI=1S/C11H14N2O3S2/c1-7-5-8(2)10-9(6-7)12-11(17-4-3-14)13-18(10,15)16/h5-6,14H,3-4H2,1-2H3,(H,12,13). The van der Waals surface area contributed by atoms with E-state index in [0.717, 1.165) is 5.56 Å². The minimum absolute atomic E-state index is 0.0227. The fourth-order valence-electron chi connectivity index (χ4n) is 1.89. The van der Waals surface area contributed by atoms with Gasteiger partial charge in [0.05, 0.1) is 12.3 Å². The molecular weight excluding hydrogens is 272 g/mol. The topological polar surface area (TPSA) is 78.8 Å². The van der Waals surface area contributed by atoms with Crippen LogP contribution >= 0.6 is 11.8 Å². The maximum absolute atomic E-state index is 12.1. The minimum atomic E-state index is -3.65. The van der Waals surface area contributed by atoms with Gasteiger partial charge in [-0.25, -0.2) is 0 Å². The molecule has 1 aliphatic heterocycles. The van der Waals surface area contributed by atoms with E-state index in [1.54, 1.807) is 13.0 Å². The first-order chi connectivity index (χ1) is 8.44. The molecule has 1 aromatic carbocycles. The number of nitrogens with one attached hydrogen (secondary N) is 1. The minimum Gasteiger partial charge on any atom is -0.396 e. The zero-order valence-electron chi connectivity index (χ0n) is 10.1. The number of benzene rings is 1. The van der Waals surface area contributed by atoms with Gasteiger partial charge in [-0.15, -0.1) is 4.40 Å². The van der Waals surface area contributed by atoms with Crippen LogP contribution in [0.4, 0.5) is 5.69 Å². The fourth-order valence-corrected chi connectivity index (χ4v) is 4.07. The lowest BCUT2D eigenvalue weighted by atomic mass is 10.1. The number of fused-ring (bicyclic) bond motifs is 1. The highest BCUT2D eigenvalue weighted by atomic mass is 32.2. The quantitative estimate of drug-likeness (QED) is 0.861. The number of hydrogen-bond acceptors (Lipinski definition) is 5. The van der Waals surface area contributed by atoms with E-state index >= 15 is 0 Å². The summed E-state index contributed by atoms with van der Waals surface area (Å²) in [5.41, 5.74) is 2.23. The van der Waals surface area contributed by atoms with E-state index in [0.29, 0.717) is 22.2 Å². The molecule has 98 valence electrons. The van der Waals surface area contributed by atoms with Crippen molar-refractivity contribution in [2.75, 3.05) is 17.7 Å². The number of aryl methyl sites for hydroxylation is 2. The van der Waals surface area contributed by atoms with Gasteiger partial charge in [0.25, 0.3) is 10.0 Å². The molecule has 1 heterocycles. The molecule has 0 spiro atoms. The van der Waals surface area contributed by atoms with Crippen LogP contribution in [0.2, 0.25) is 0 Å². The van der Waals surface area contributed by atoms with E-state index in [4.69, 9.17) is 5.11 Å². The number of anilines is 1. The van der Waals surface area contributed by atoms with Gasteiger partial charge in [-0.3, -0.25) is 0 Å². The second-order valence-electron chi connectivity index (χ2n) is 4.03. The number of thioether (sulfide) groups is 1. The number of aliphatic hydroxyl groups excluding tert-OH is 1. The highest BCUT2D eigenvalue weighted by Gasteiger charge is 2.27. The van der Waals surface area contributed by atoms with Crippen LogP contribution in [0.1, 0.15) is 11.1 Å². The molecule has 0 fully saturated rings. The molecule has 0 unspecified atom stereocenters. The zero-order valence-corrected chi connectivity index (χ0v) is 11.7. The summed E-state index contributed by atoms with van der Waals surface area (Å²) >= 11 is 1.18. The van der Waals surface area contributed by atoms with Crippen molar-refractivity contribution in [3.8, 4) is 0 Å². The Labute approximate surface area is 110 Å². The predicted molar refractivity (Wildman–Crippen MR) is 73.7 cm³/mol. The van der Waals surface area contributed by atoms with Crippen LogP contribution < -0.4 is 5.32 Å². The normalized spacial score (nSPS) is 16.7. The van der Waals surface area contributed by atoms with Crippen molar-refractivity contribution in [3.63, 3.8) is 0 Å². The van der Waals surface area contributed by atoms with Gasteiger partial charge < -0.3 is 10.4 Å². The molecule has 0 saturated carbocycles. The molecule has 7 heteroatoms. The van der Waals surface area contributed by atoms with Crippen molar-refractivity contribution in [3.05, 3.63) is 23.3 Å². The first-order valence-electron chi connectivity index (χ1n) is 5.41. The summed E-state index contributed by atoms with van der Waals surface area (Å²) in [5, 5.41) is 12.1. The highest BCUT2D eigenvalue weighted by Crippen LogP contribution is 2.33. The molecule has 0 atom stereocenters. The van der Waals surface area contributed by atoms with Crippen LogP contribution in [0.25, 0.3) is 0 Å². The molecule has 0 radical (unpaired) electrons. The van der Waals surface area contributed by atoms with Gasteiger partial charge >= 0.3 is 0 Å². The van der Waals surface area contributed by atoms with E-state index in [1.807, 2.05) is 13.0 Å². The SMILES string of the molecule is Cc1cc(C)c2c(c1)NC(SCCO)=NS2(=O)=O. The van der Waals surface area contributed by atoms with Crippen molar-refractivity contribution in [1.82, 2.24) is 0 Å². The van der Waals surface area contributed by atoms with E-state index in [-0.39, 0.29) is 11.5 Å². The van der Waals surface area contributed by atoms with Crippen molar-refractivity contribution in [2.45, 2.75) is 18.7 Å². The number of sulfonamides is 1. The van der Waals surface area contributed by atoms with Crippen molar-refractivity contribution in [2.24, 2.45) is 4.40 Å². The van der Waals surface area contributed by atoms with Crippen LogP contribution in [0.5, 0.6) is 0 Å². The third-order valence-corrected chi connectivity index (χ3v) is 4.90. The van der Waals surface area contributed by atoms with Gasteiger partial charge in [0, 0.05) is 5.75 Å². The smallest absolute Gasteiger partial charge is 0.287 e. The van der Waals surface area contributed by atoms with Gasteiger partial charge in [-0.05, 0) is 31.0 Å². The lowest BCUT2D eigenvalue weighted by molar-refractivity contribution is 0.323. The first-order valence-corrected chi connectivity index (χ1v) is 7.83. The molecule has 0 saturated heterocycles. The van der Waals surface area contributed by atoms with Gasteiger partial charge in [-0.2, -0.15) is 8.42 Å². The summed E-state index contributed by atoms with van der Waals surface area (Å²) < 4.78 is 27.9. The van der Waals surface area contributed by atoms with Crippen LogP contribution in [0, 0.1) is 13.8 Å². The number of amidine groups is 1. The molecule has 1 aromatic rings. The average molecular weight is 286 g/mol. The number of hydrogen-bond donors (Lipinski definition) is 2. The molecule has 0 amide bonds. The van der Waals surface area contributed by atoms with Gasteiger partial charge in [0.15, 0.2) is 5.17 Å². The number of aliphatic hydroxyl groups is 1. The number of nitrogens with zero attached hydrogens (tertiary/aromatic N) is 1. The second kappa shape index (κ2) is 4.91. The molecule has 2 rings (SSSR count). The largest absolute Gasteiger partial charge is 0.396 e. The molecule has 2 N–H and O–H groups in total. The molecule has 5 nitrogen and oxygen atoms in total. The monoisotopic (exact) mass is 286 g/mol. The van der Waals surface area contributed by atoms with Crippen molar-refractivity contribution in [1.29, 1.82) is 0 Å². The van der Waals surface area contributed by atoms with E-state index in [9.17, 15) is 8.42 Å². The Hall–Kier alpha value is -1.05. The lowest BCUT2D eigenvalue weighted by Gasteiger charge is -2.19. The molecule has 0 aromatic heterocycles. The third kappa shape index (κ3) is 2.52. The summed E-state index contributed by atoms with van der Waals surface area (Å²) in [4.78, 5) is 0.237. The second-order valence-corrected chi connectivity index (χ2v) is 6.65. The van der Waals surface area contributed by atoms with Gasteiger partial charge in [-0.1, -0.05) is 17.8 Å². The Kier molecular flexibility index (Phi) is 3.65. The third-order valence-electron chi connectivity index (χ3n) is 2.45. The van der Waals surface area contributed by atoms with Crippen molar-refractivity contribution < 1.29 is 13.5 Å². The van der Waals surface area contributed by atoms with Crippen LogP contribution in [0.3, 0.4) is 0 Å². The summed E-state index contributed by atoms with van der Waals surface area (Å²) in [6, 6.07) is 3.60. The summed E-state index contributed by atoms with van der Waals surface area (Å²) in [6.45, 7) is 3.64. The van der Waals surface area contributed by atoms with E-state index < -0.39 is 10.0 Å². The summed E-state index contributed by atoms with van der Waals surface area (Å²) in [5.74, 6) is 0.404. The van der Waals surface area contributed by atoms with Crippen LogP contribution in [-0.4, -0.2) is 31.1 Å². The molecule has 0 aliphatic carbocycles. The van der Waals surface area contributed by atoms with Gasteiger partial charge in [0.2, 0.25) is 0 Å². The Morgan fingerprint density at radius 1 is 1.39 bits per heavy atom. The summed E-state index contributed by atoms with van der Waals surface area (Å²) in [6.07, 6.45) is 0. The van der Waals surface area contributed by atoms with E-state index in [2.05, 4.69) is 9.71 Å². The van der Waals surface area contributed by atoms with Crippen LogP contribution in [0.15, 0.2) is 21.4 Å². The van der Waals surface area contributed by atoms with Crippen molar-refractivity contribution >= 4 is 32.6 Å². The average Bonchev–Trinajstić information content (AvgIpc) is 2.23. The highest BCUT2D eigenvalue weighted by molar-refractivity contribution is 8.14. The fraction of sp³-hybridized carbons (Fsp3) is 0.364. The maximum atomic E-state index is 12.1. The summed E-state index contributed by atoms with van der Waals surface area (Å²) in [7, 11) is -3.65. The first kappa shape index (κ1) is 13.4. The van der Waals surface area contributed by atoms with Gasteiger partial charge in [0.1, 0.15) is 4.90 Å². The van der Waals surface area contributed by atoms with Crippen LogP contribution in [-0.2, 0) is 10.0 Å². The Bertz CT molecular complexity index is 609. The number of rotatable bonds is 2. The van der Waals surface area contributed by atoms with E-state index in [1.165, 1.54) is 11.8 Å². The Balaban J connectivity index is 2.48. The molecule has 18 heavy (non-hydrogen) atoms. The molecular formula is C11H14N2O3S2.